The Kier molecular flexibility index (Phi) is 5.99. The molecule has 0 saturated carbocycles. The molecule has 2 aromatic carbocycles. The molecular weight excluding hydrogens is 412 g/mol. The van der Waals surface area contributed by atoms with E-state index in [-0.39, 0.29) is 11.8 Å². The van der Waals surface area contributed by atoms with Crippen LogP contribution in [-0.2, 0) is 4.79 Å². The van der Waals surface area contributed by atoms with Crippen molar-refractivity contribution in [2.75, 3.05) is 24.1 Å². The molecule has 0 aliphatic carbocycles. The lowest BCUT2D eigenvalue weighted by atomic mass is 10.1. The molecule has 2 heterocycles. The zero-order chi connectivity index (χ0) is 22.0. The van der Waals surface area contributed by atoms with E-state index in [0.717, 1.165) is 16.9 Å². The van der Waals surface area contributed by atoms with Crippen molar-refractivity contribution in [1.82, 2.24) is 14.7 Å². The van der Waals surface area contributed by atoms with E-state index in [1.807, 2.05) is 38.1 Å². The van der Waals surface area contributed by atoms with Crippen LogP contribution in [0.3, 0.4) is 0 Å². The Balaban J connectivity index is 1.53. The van der Waals surface area contributed by atoms with Gasteiger partial charge in [0.2, 0.25) is 5.91 Å². The molecule has 1 fully saturated rings. The van der Waals surface area contributed by atoms with Crippen LogP contribution in [-0.4, -0.2) is 51.3 Å². The first kappa shape index (κ1) is 21.0. The molecule has 3 aromatic rings. The zero-order valence-electron chi connectivity index (χ0n) is 17.7. The van der Waals surface area contributed by atoms with E-state index in [4.69, 9.17) is 4.74 Å². The van der Waals surface area contributed by atoms with Crippen LogP contribution in [0.4, 0.5) is 5.69 Å². The number of anilines is 1. The Morgan fingerprint density at radius 2 is 1.87 bits per heavy atom. The van der Waals surface area contributed by atoms with Crippen molar-refractivity contribution in [2.45, 2.75) is 19.9 Å². The average Bonchev–Trinajstić information content (AvgIpc) is 3.41. The number of benzene rings is 2. The number of amides is 2. The van der Waals surface area contributed by atoms with Gasteiger partial charge in [-0.25, -0.2) is 4.68 Å². The lowest BCUT2D eigenvalue weighted by Crippen LogP contribution is -2.44. The number of hydrogen-bond acceptors (Lipinski definition) is 5. The second-order valence-corrected chi connectivity index (χ2v) is 8.35. The molecule has 0 spiro atoms. The number of ether oxygens (including phenoxy) is 1. The topological polar surface area (TPSA) is 76.5 Å². The van der Waals surface area contributed by atoms with Gasteiger partial charge in [-0.15, -0.1) is 11.8 Å². The summed E-state index contributed by atoms with van der Waals surface area (Å²) in [6.07, 6.45) is 1.59. The van der Waals surface area contributed by atoms with Crippen molar-refractivity contribution < 1.29 is 14.3 Å². The lowest BCUT2D eigenvalue weighted by molar-refractivity contribution is -0.119. The van der Waals surface area contributed by atoms with Gasteiger partial charge in [-0.3, -0.25) is 9.59 Å². The Morgan fingerprint density at radius 3 is 2.58 bits per heavy atom. The average molecular weight is 437 g/mol. The molecule has 1 N–H and O–H groups in total. The summed E-state index contributed by atoms with van der Waals surface area (Å²) in [5.41, 5.74) is 3.93. The number of nitrogens with one attached hydrogen (secondary N) is 1. The standard InChI is InChI=1S/C23H24N4O3S/c1-15-6-4-5-7-20(15)27-16(2)19(12-24-27)23(29)26-14-31-13-21(26)22(28)25-17-8-10-18(30-3)11-9-17/h4-12,21H,13-14H2,1-3H3,(H,25,28). The van der Waals surface area contributed by atoms with Gasteiger partial charge in [0.15, 0.2) is 0 Å². The third-order valence-electron chi connectivity index (χ3n) is 5.39. The van der Waals surface area contributed by atoms with Crippen LogP contribution in [0.25, 0.3) is 5.69 Å². The van der Waals surface area contributed by atoms with Crippen LogP contribution in [0.1, 0.15) is 21.6 Å². The molecule has 7 nitrogen and oxygen atoms in total. The molecule has 1 saturated heterocycles. The summed E-state index contributed by atoms with van der Waals surface area (Å²) < 4.78 is 6.92. The highest BCUT2D eigenvalue weighted by molar-refractivity contribution is 7.99. The van der Waals surface area contributed by atoms with Gasteiger partial charge in [-0.2, -0.15) is 5.10 Å². The Bertz CT molecular complexity index is 1110. The van der Waals surface area contributed by atoms with E-state index in [1.54, 1.807) is 58.9 Å². The van der Waals surface area contributed by atoms with Crippen LogP contribution >= 0.6 is 11.8 Å². The number of aromatic nitrogens is 2. The summed E-state index contributed by atoms with van der Waals surface area (Å²) in [6, 6.07) is 14.5. The molecule has 1 atom stereocenters. The second-order valence-electron chi connectivity index (χ2n) is 7.35. The van der Waals surface area contributed by atoms with Crippen molar-refractivity contribution in [1.29, 1.82) is 0 Å². The van der Waals surface area contributed by atoms with Crippen LogP contribution in [0, 0.1) is 13.8 Å². The third-order valence-corrected chi connectivity index (χ3v) is 6.40. The van der Waals surface area contributed by atoms with Crippen LogP contribution in [0.5, 0.6) is 5.75 Å². The minimum absolute atomic E-state index is 0.183. The zero-order valence-corrected chi connectivity index (χ0v) is 18.5. The highest BCUT2D eigenvalue weighted by Gasteiger charge is 2.36. The predicted octanol–water partition coefficient (Wildman–Crippen LogP) is 3.65. The lowest BCUT2D eigenvalue weighted by Gasteiger charge is -2.23. The molecule has 1 unspecified atom stereocenters. The highest BCUT2D eigenvalue weighted by atomic mass is 32.2. The summed E-state index contributed by atoms with van der Waals surface area (Å²) in [6.45, 7) is 3.89. The molecule has 1 aromatic heterocycles. The Morgan fingerprint density at radius 1 is 1.13 bits per heavy atom. The maximum atomic E-state index is 13.3. The van der Waals surface area contributed by atoms with Crippen molar-refractivity contribution >= 4 is 29.3 Å². The van der Waals surface area contributed by atoms with E-state index in [2.05, 4.69) is 10.4 Å². The number of methoxy groups -OCH3 is 1. The van der Waals surface area contributed by atoms with Gasteiger partial charge in [-0.1, -0.05) is 18.2 Å². The number of rotatable bonds is 5. The van der Waals surface area contributed by atoms with E-state index in [0.29, 0.717) is 28.6 Å². The Labute approximate surface area is 185 Å². The fraction of sp³-hybridized carbons (Fsp3) is 0.261. The summed E-state index contributed by atoms with van der Waals surface area (Å²) in [5.74, 6) is 1.35. The molecule has 0 radical (unpaired) electrons. The predicted molar refractivity (Wildman–Crippen MR) is 122 cm³/mol. The molecule has 4 rings (SSSR count). The van der Waals surface area contributed by atoms with Gasteiger partial charge in [0.05, 0.1) is 36.1 Å². The van der Waals surface area contributed by atoms with E-state index in [9.17, 15) is 9.59 Å². The molecule has 1 aliphatic rings. The molecular formula is C23H24N4O3S. The van der Waals surface area contributed by atoms with Gasteiger partial charge in [-0.05, 0) is 49.7 Å². The fourth-order valence-corrected chi connectivity index (χ4v) is 4.73. The molecule has 0 bridgehead atoms. The van der Waals surface area contributed by atoms with Gasteiger partial charge in [0, 0.05) is 11.4 Å². The number of hydrogen-bond donors (Lipinski definition) is 1. The molecule has 160 valence electrons. The van der Waals surface area contributed by atoms with Crippen LogP contribution in [0.15, 0.2) is 54.7 Å². The number of para-hydroxylation sites is 1. The minimum Gasteiger partial charge on any atom is -0.497 e. The van der Waals surface area contributed by atoms with Gasteiger partial charge >= 0.3 is 0 Å². The largest absolute Gasteiger partial charge is 0.497 e. The molecule has 8 heteroatoms. The van der Waals surface area contributed by atoms with Crippen LogP contribution < -0.4 is 10.1 Å². The normalized spacial score (nSPS) is 15.7. The first-order chi connectivity index (χ1) is 15.0. The summed E-state index contributed by atoms with van der Waals surface area (Å²) in [7, 11) is 1.59. The van der Waals surface area contributed by atoms with Gasteiger partial charge in [0.25, 0.3) is 5.91 Å². The first-order valence-electron chi connectivity index (χ1n) is 9.94. The van der Waals surface area contributed by atoms with Crippen LogP contribution in [0.2, 0.25) is 0 Å². The van der Waals surface area contributed by atoms with E-state index in [1.165, 1.54) is 0 Å². The number of nitrogens with zero attached hydrogens (tertiary/aromatic N) is 3. The van der Waals surface area contributed by atoms with Crippen molar-refractivity contribution in [3.63, 3.8) is 0 Å². The monoisotopic (exact) mass is 436 g/mol. The highest BCUT2D eigenvalue weighted by Crippen LogP contribution is 2.26. The SMILES string of the molecule is COc1ccc(NC(=O)C2CSCN2C(=O)c2cnn(-c3ccccc3C)c2C)cc1. The summed E-state index contributed by atoms with van der Waals surface area (Å²) in [4.78, 5) is 27.8. The minimum atomic E-state index is -0.541. The molecule has 31 heavy (non-hydrogen) atoms. The molecule has 1 aliphatic heterocycles. The summed E-state index contributed by atoms with van der Waals surface area (Å²) >= 11 is 1.57. The van der Waals surface area contributed by atoms with E-state index >= 15 is 0 Å². The number of thioether (sulfide) groups is 1. The van der Waals surface area contributed by atoms with Crippen molar-refractivity contribution in [3.05, 3.63) is 71.5 Å². The van der Waals surface area contributed by atoms with Crippen molar-refractivity contribution in [3.8, 4) is 11.4 Å². The second kappa shape index (κ2) is 8.85. The fourth-order valence-electron chi connectivity index (χ4n) is 3.58. The quantitative estimate of drug-likeness (QED) is 0.661. The number of aryl methyl sites for hydroxylation is 1. The number of carbonyl (C=O) groups excluding carboxylic acids is 2. The smallest absolute Gasteiger partial charge is 0.258 e. The summed E-state index contributed by atoms with van der Waals surface area (Å²) in [5, 5.41) is 7.35. The van der Waals surface area contributed by atoms with E-state index < -0.39 is 6.04 Å². The molecule has 2 amide bonds. The van der Waals surface area contributed by atoms with Gasteiger partial charge < -0.3 is 15.0 Å². The number of carbonyl (C=O) groups is 2. The first-order valence-corrected chi connectivity index (χ1v) is 11.1. The van der Waals surface area contributed by atoms with Crippen molar-refractivity contribution in [2.24, 2.45) is 0 Å². The Hall–Kier alpha value is -3.26. The van der Waals surface area contributed by atoms with Gasteiger partial charge in [0.1, 0.15) is 11.8 Å². The maximum absolute atomic E-state index is 13.3. The third kappa shape index (κ3) is 4.16. The maximum Gasteiger partial charge on any atom is 0.258 e.